The van der Waals surface area contributed by atoms with Gasteiger partial charge in [0.15, 0.2) is 0 Å². The van der Waals surface area contributed by atoms with Crippen LogP contribution in [0.15, 0.2) is 66.7 Å². The molecule has 0 aliphatic heterocycles. The Hall–Kier alpha value is -2.72. The van der Waals surface area contributed by atoms with E-state index in [1.807, 2.05) is 24.3 Å². The molecule has 0 fully saturated rings. The number of fused-ring (bicyclic) bond motifs is 1. The molecule has 3 aromatic rings. The van der Waals surface area contributed by atoms with Crippen molar-refractivity contribution in [3.8, 4) is 0 Å². The van der Waals surface area contributed by atoms with E-state index >= 15 is 0 Å². The van der Waals surface area contributed by atoms with E-state index in [0.29, 0.717) is 13.0 Å². The molecule has 3 aromatic carbocycles. The largest absolute Gasteiger partial charge is 0.351 e. The number of amides is 1. The van der Waals surface area contributed by atoms with Crippen molar-refractivity contribution in [3.05, 3.63) is 83.7 Å². The molecule has 0 spiro atoms. The van der Waals surface area contributed by atoms with E-state index in [-0.39, 0.29) is 17.8 Å². The third kappa shape index (κ3) is 4.22. The molecule has 128 valence electrons. The lowest BCUT2D eigenvalue weighted by Gasteiger charge is -2.17. The van der Waals surface area contributed by atoms with Gasteiger partial charge in [0.25, 0.3) is 0 Å². The molecule has 1 amide bonds. The van der Waals surface area contributed by atoms with Crippen LogP contribution in [0.1, 0.15) is 11.1 Å². The van der Waals surface area contributed by atoms with Gasteiger partial charge in [0, 0.05) is 6.54 Å². The van der Waals surface area contributed by atoms with Crippen molar-refractivity contribution in [2.75, 3.05) is 7.05 Å². The smallest absolute Gasteiger partial charge is 0.237 e. The van der Waals surface area contributed by atoms with Crippen molar-refractivity contribution in [1.82, 2.24) is 10.6 Å². The van der Waals surface area contributed by atoms with E-state index in [1.54, 1.807) is 19.2 Å². The molecule has 0 bridgehead atoms. The summed E-state index contributed by atoms with van der Waals surface area (Å²) in [6.07, 6.45) is 0.512. The average molecular weight is 336 g/mol. The zero-order valence-corrected chi connectivity index (χ0v) is 14.1. The first-order chi connectivity index (χ1) is 12.2. The highest BCUT2D eigenvalue weighted by Crippen LogP contribution is 2.18. The van der Waals surface area contributed by atoms with Gasteiger partial charge in [-0.3, -0.25) is 4.79 Å². The SMILES string of the molecule is CNC(Cc1ccc(F)cc1)C(=O)NCc1cccc2ccccc12. The molecule has 0 radical (unpaired) electrons. The van der Waals surface area contributed by atoms with Crippen LogP contribution in [0.5, 0.6) is 0 Å². The van der Waals surface area contributed by atoms with Gasteiger partial charge in [0.1, 0.15) is 5.82 Å². The molecule has 4 heteroatoms. The van der Waals surface area contributed by atoms with Gasteiger partial charge in [-0.05, 0) is 47.5 Å². The minimum Gasteiger partial charge on any atom is -0.351 e. The minimum absolute atomic E-state index is 0.0697. The van der Waals surface area contributed by atoms with E-state index in [0.717, 1.165) is 21.9 Å². The number of hydrogen-bond donors (Lipinski definition) is 2. The van der Waals surface area contributed by atoms with Crippen LogP contribution in [-0.2, 0) is 17.8 Å². The van der Waals surface area contributed by atoms with Crippen molar-refractivity contribution in [1.29, 1.82) is 0 Å². The van der Waals surface area contributed by atoms with Gasteiger partial charge in [-0.25, -0.2) is 4.39 Å². The number of likely N-dealkylation sites (N-methyl/N-ethyl adjacent to an activating group) is 1. The molecular weight excluding hydrogens is 315 g/mol. The number of hydrogen-bond acceptors (Lipinski definition) is 2. The first-order valence-electron chi connectivity index (χ1n) is 8.33. The Labute approximate surface area is 146 Å². The second kappa shape index (κ2) is 7.90. The van der Waals surface area contributed by atoms with E-state index in [9.17, 15) is 9.18 Å². The van der Waals surface area contributed by atoms with E-state index < -0.39 is 0 Å². The summed E-state index contributed by atoms with van der Waals surface area (Å²) in [7, 11) is 1.76. The quantitative estimate of drug-likeness (QED) is 0.724. The summed E-state index contributed by atoms with van der Waals surface area (Å²) in [5, 5.41) is 8.33. The van der Waals surface area contributed by atoms with Crippen LogP contribution in [-0.4, -0.2) is 19.0 Å². The van der Waals surface area contributed by atoms with Crippen LogP contribution in [0.2, 0.25) is 0 Å². The fourth-order valence-electron chi connectivity index (χ4n) is 2.93. The summed E-state index contributed by atoms with van der Waals surface area (Å²) in [5.41, 5.74) is 2.00. The summed E-state index contributed by atoms with van der Waals surface area (Å²) in [6.45, 7) is 0.474. The van der Waals surface area contributed by atoms with Crippen LogP contribution in [0.4, 0.5) is 4.39 Å². The van der Waals surface area contributed by atoms with E-state index in [2.05, 4.69) is 28.8 Å². The summed E-state index contributed by atoms with van der Waals surface area (Å²) in [6, 6.07) is 20.1. The van der Waals surface area contributed by atoms with Gasteiger partial charge in [-0.2, -0.15) is 0 Å². The number of halogens is 1. The lowest BCUT2D eigenvalue weighted by atomic mass is 10.0. The molecule has 3 rings (SSSR count). The Bertz CT molecular complexity index is 856. The molecule has 1 unspecified atom stereocenters. The van der Waals surface area contributed by atoms with E-state index in [1.165, 1.54) is 12.1 Å². The Morgan fingerprint density at radius 1 is 1.00 bits per heavy atom. The predicted molar refractivity (Wildman–Crippen MR) is 98.7 cm³/mol. The van der Waals surface area contributed by atoms with Gasteiger partial charge in [0.2, 0.25) is 5.91 Å². The van der Waals surface area contributed by atoms with Crippen molar-refractivity contribution in [2.24, 2.45) is 0 Å². The van der Waals surface area contributed by atoms with Crippen LogP contribution in [0.25, 0.3) is 10.8 Å². The molecule has 0 aromatic heterocycles. The van der Waals surface area contributed by atoms with Crippen molar-refractivity contribution >= 4 is 16.7 Å². The number of benzene rings is 3. The average Bonchev–Trinajstić information content (AvgIpc) is 2.65. The van der Waals surface area contributed by atoms with Crippen LogP contribution in [0, 0.1) is 5.82 Å². The lowest BCUT2D eigenvalue weighted by molar-refractivity contribution is -0.123. The molecule has 25 heavy (non-hydrogen) atoms. The second-order valence-electron chi connectivity index (χ2n) is 6.03. The molecule has 0 saturated carbocycles. The molecule has 0 heterocycles. The standard InChI is InChI=1S/C21H21FN2O/c1-23-20(13-15-9-11-18(22)12-10-15)21(25)24-14-17-7-4-6-16-5-2-3-8-19(16)17/h2-12,20,23H,13-14H2,1H3,(H,24,25). The van der Waals surface area contributed by atoms with Crippen molar-refractivity contribution in [2.45, 2.75) is 19.0 Å². The van der Waals surface area contributed by atoms with Gasteiger partial charge in [0.05, 0.1) is 6.04 Å². The topological polar surface area (TPSA) is 41.1 Å². The Morgan fingerprint density at radius 3 is 2.48 bits per heavy atom. The Kier molecular flexibility index (Phi) is 5.41. The summed E-state index contributed by atoms with van der Waals surface area (Å²) < 4.78 is 13.0. The van der Waals surface area contributed by atoms with Crippen LogP contribution < -0.4 is 10.6 Å². The molecule has 0 aliphatic rings. The Morgan fingerprint density at radius 2 is 1.72 bits per heavy atom. The molecule has 2 N–H and O–H groups in total. The van der Waals surface area contributed by atoms with Gasteiger partial charge in [-0.1, -0.05) is 54.6 Å². The molecule has 0 aliphatic carbocycles. The van der Waals surface area contributed by atoms with Gasteiger partial charge < -0.3 is 10.6 Å². The fraction of sp³-hybridized carbons (Fsp3) is 0.190. The summed E-state index contributed by atoms with van der Waals surface area (Å²) >= 11 is 0. The predicted octanol–water partition coefficient (Wildman–Crippen LogP) is 3.43. The molecule has 3 nitrogen and oxygen atoms in total. The van der Waals surface area contributed by atoms with Crippen molar-refractivity contribution < 1.29 is 9.18 Å². The number of rotatable bonds is 6. The molecule has 0 saturated heterocycles. The van der Waals surface area contributed by atoms with Crippen LogP contribution >= 0.6 is 0 Å². The van der Waals surface area contributed by atoms with Gasteiger partial charge >= 0.3 is 0 Å². The minimum atomic E-state index is -0.361. The third-order valence-corrected chi connectivity index (χ3v) is 4.35. The first kappa shape index (κ1) is 17.1. The number of carbonyl (C=O) groups excluding carboxylic acids is 1. The molecular formula is C21H21FN2O. The normalized spacial score (nSPS) is 12.1. The monoisotopic (exact) mass is 336 g/mol. The fourth-order valence-corrected chi connectivity index (χ4v) is 2.93. The van der Waals surface area contributed by atoms with Gasteiger partial charge in [-0.15, -0.1) is 0 Å². The maximum Gasteiger partial charge on any atom is 0.237 e. The maximum absolute atomic E-state index is 13.0. The zero-order chi connectivity index (χ0) is 17.6. The second-order valence-corrected chi connectivity index (χ2v) is 6.03. The summed E-state index contributed by atoms with van der Waals surface area (Å²) in [5.74, 6) is -0.343. The zero-order valence-electron chi connectivity index (χ0n) is 14.1. The lowest BCUT2D eigenvalue weighted by Crippen LogP contribution is -2.43. The highest BCUT2D eigenvalue weighted by atomic mass is 19.1. The maximum atomic E-state index is 13.0. The first-order valence-corrected chi connectivity index (χ1v) is 8.33. The third-order valence-electron chi connectivity index (χ3n) is 4.35. The Balaban J connectivity index is 1.66. The summed E-state index contributed by atoms with van der Waals surface area (Å²) in [4.78, 5) is 12.5. The van der Waals surface area contributed by atoms with Crippen LogP contribution in [0.3, 0.4) is 0 Å². The number of nitrogens with one attached hydrogen (secondary N) is 2. The highest BCUT2D eigenvalue weighted by molar-refractivity contribution is 5.87. The van der Waals surface area contributed by atoms with E-state index in [4.69, 9.17) is 0 Å². The number of carbonyl (C=O) groups is 1. The molecule has 1 atom stereocenters. The van der Waals surface area contributed by atoms with Crippen molar-refractivity contribution in [3.63, 3.8) is 0 Å². The highest BCUT2D eigenvalue weighted by Gasteiger charge is 2.17.